The van der Waals surface area contributed by atoms with E-state index in [-0.39, 0.29) is 0 Å². The molecule has 0 saturated heterocycles. The number of likely N-dealkylation sites (N-methyl/N-ethyl adjacent to an activating group) is 2. The van der Waals surface area contributed by atoms with Crippen molar-refractivity contribution in [3.8, 4) is 0 Å². The van der Waals surface area contributed by atoms with Crippen molar-refractivity contribution in [1.29, 1.82) is 0 Å². The molecule has 0 spiro atoms. The van der Waals surface area contributed by atoms with Crippen molar-refractivity contribution in [2.24, 2.45) is 10.2 Å². The van der Waals surface area contributed by atoms with Crippen LogP contribution in [-0.4, -0.2) is 40.4 Å². The summed E-state index contributed by atoms with van der Waals surface area (Å²) in [6, 6.07) is 14.8. The molecule has 0 bridgehead atoms. The summed E-state index contributed by atoms with van der Waals surface area (Å²) >= 11 is 0. The van der Waals surface area contributed by atoms with Gasteiger partial charge in [-0.3, -0.25) is 0 Å². The van der Waals surface area contributed by atoms with Gasteiger partial charge in [0.15, 0.2) is 0 Å². The second-order valence-electron chi connectivity index (χ2n) is 5.87. The SMILES string of the molecule is CN(CCOCCN(C)c1ccc(N=[N+]=[N-])cc1)c1ccc(N=[N+]=[N-])cc1. The van der Waals surface area contributed by atoms with Gasteiger partial charge in [0.25, 0.3) is 0 Å². The molecule has 2 rings (SSSR count). The Bertz CT molecular complexity index is 739. The van der Waals surface area contributed by atoms with Gasteiger partial charge in [0.1, 0.15) is 0 Å². The van der Waals surface area contributed by atoms with Gasteiger partial charge in [-0.2, -0.15) is 0 Å². The van der Waals surface area contributed by atoms with Gasteiger partial charge in [-0.25, -0.2) is 0 Å². The number of ether oxygens (including phenoxy) is 1. The van der Waals surface area contributed by atoms with Crippen molar-refractivity contribution in [2.75, 3.05) is 50.2 Å². The minimum absolute atomic E-state index is 0.599. The van der Waals surface area contributed by atoms with Crippen LogP contribution in [0.4, 0.5) is 22.7 Å². The lowest BCUT2D eigenvalue weighted by atomic mass is 10.2. The summed E-state index contributed by atoms with van der Waals surface area (Å²) in [7, 11) is 3.98. The Morgan fingerprint density at radius 1 is 0.741 bits per heavy atom. The highest BCUT2D eigenvalue weighted by Gasteiger charge is 2.03. The smallest absolute Gasteiger partial charge is 0.0642 e. The zero-order valence-corrected chi connectivity index (χ0v) is 15.4. The Balaban J connectivity index is 1.69. The third-order valence-corrected chi connectivity index (χ3v) is 4.04. The zero-order chi connectivity index (χ0) is 19.5. The van der Waals surface area contributed by atoms with Crippen LogP contribution in [0.5, 0.6) is 0 Å². The molecule has 9 heteroatoms. The molecule has 0 aliphatic heterocycles. The maximum atomic E-state index is 8.42. The van der Waals surface area contributed by atoms with Crippen molar-refractivity contribution < 1.29 is 4.74 Å². The highest BCUT2D eigenvalue weighted by atomic mass is 16.5. The van der Waals surface area contributed by atoms with E-state index >= 15 is 0 Å². The fourth-order valence-electron chi connectivity index (χ4n) is 2.41. The van der Waals surface area contributed by atoms with Crippen molar-refractivity contribution in [3.63, 3.8) is 0 Å². The number of azide groups is 2. The molecule has 9 nitrogen and oxygen atoms in total. The lowest BCUT2D eigenvalue weighted by molar-refractivity contribution is 0.147. The molecular weight excluding hydrogens is 344 g/mol. The van der Waals surface area contributed by atoms with Crippen LogP contribution < -0.4 is 9.80 Å². The van der Waals surface area contributed by atoms with Crippen LogP contribution in [0.15, 0.2) is 58.8 Å². The minimum atomic E-state index is 0.599. The number of hydrogen-bond acceptors (Lipinski definition) is 5. The Morgan fingerprint density at radius 3 is 1.44 bits per heavy atom. The number of hydrogen-bond donors (Lipinski definition) is 0. The highest BCUT2D eigenvalue weighted by molar-refractivity contribution is 5.53. The molecule has 0 aliphatic carbocycles. The predicted molar refractivity (Wildman–Crippen MR) is 108 cm³/mol. The van der Waals surface area contributed by atoms with Gasteiger partial charge in [0, 0.05) is 59.8 Å². The number of anilines is 2. The van der Waals surface area contributed by atoms with E-state index < -0.39 is 0 Å². The molecule has 0 N–H and O–H groups in total. The van der Waals surface area contributed by atoms with E-state index in [4.69, 9.17) is 15.8 Å². The van der Waals surface area contributed by atoms with Gasteiger partial charge in [-0.1, -0.05) is 34.5 Å². The Kier molecular flexibility index (Phi) is 7.81. The third kappa shape index (κ3) is 6.45. The van der Waals surface area contributed by atoms with Gasteiger partial charge in [0.05, 0.1) is 13.2 Å². The van der Waals surface area contributed by atoms with E-state index in [1.807, 2.05) is 38.4 Å². The molecule has 0 saturated carbocycles. The van der Waals surface area contributed by atoms with Gasteiger partial charge >= 0.3 is 0 Å². The molecule has 0 aromatic heterocycles. The summed E-state index contributed by atoms with van der Waals surface area (Å²) in [4.78, 5) is 9.70. The second-order valence-corrected chi connectivity index (χ2v) is 5.87. The van der Waals surface area contributed by atoms with Crippen LogP contribution in [0, 0.1) is 0 Å². The number of rotatable bonds is 10. The maximum Gasteiger partial charge on any atom is 0.0642 e. The summed E-state index contributed by atoms with van der Waals surface area (Å²) in [6.07, 6.45) is 0. The first-order chi connectivity index (χ1) is 13.1. The monoisotopic (exact) mass is 366 g/mol. The van der Waals surface area contributed by atoms with E-state index in [9.17, 15) is 0 Å². The van der Waals surface area contributed by atoms with Crippen LogP contribution in [0.25, 0.3) is 20.9 Å². The average molecular weight is 366 g/mol. The van der Waals surface area contributed by atoms with E-state index in [0.29, 0.717) is 24.6 Å². The van der Waals surface area contributed by atoms with E-state index in [2.05, 4.69) is 29.9 Å². The molecule has 27 heavy (non-hydrogen) atoms. The largest absolute Gasteiger partial charge is 0.378 e. The standard InChI is InChI=1S/C18H22N8O/c1-25(17-7-3-15(4-8-17)21-23-19)11-13-27-14-12-26(2)18-9-5-16(6-10-18)22-24-20/h3-10H,11-14H2,1-2H3. The Hall–Kier alpha value is -3.38. The predicted octanol–water partition coefficient (Wildman–Crippen LogP) is 5.16. The van der Waals surface area contributed by atoms with Crippen molar-refractivity contribution in [2.45, 2.75) is 0 Å². The van der Waals surface area contributed by atoms with Crippen LogP contribution in [0.3, 0.4) is 0 Å². The molecule has 0 aliphatic rings. The van der Waals surface area contributed by atoms with Crippen LogP contribution in [0.2, 0.25) is 0 Å². The summed E-state index contributed by atoms with van der Waals surface area (Å²) in [5.74, 6) is 0. The van der Waals surface area contributed by atoms with Crippen molar-refractivity contribution in [3.05, 3.63) is 69.4 Å². The molecule has 0 radical (unpaired) electrons. The summed E-state index contributed by atoms with van der Waals surface area (Å²) in [6.45, 7) is 2.73. The Labute approximate surface area is 158 Å². The van der Waals surface area contributed by atoms with Crippen LogP contribution in [-0.2, 0) is 4.74 Å². The summed E-state index contributed by atoms with van der Waals surface area (Å²) in [5.41, 5.74) is 20.1. The highest BCUT2D eigenvalue weighted by Crippen LogP contribution is 2.20. The van der Waals surface area contributed by atoms with Crippen molar-refractivity contribution in [1.82, 2.24) is 0 Å². The molecule has 2 aromatic carbocycles. The summed E-state index contributed by atoms with van der Waals surface area (Å²) in [5, 5.41) is 7.12. The first-order valence-electron chi connectivity index (χ1n) is 8.44. The van der Waals surface area contributed by atoms with E-state index in [1.54, 1.807) is 24.3 Å². The quantitative estimate of drug-likeness (QED) is 0.250. The minimum Gasteiger partial charge on any atom is -0.378 e. The van der Waals surface area contributed by atoms with Gasteiger partial charge < -0.3 is 14.5 Å². The van der Waals surface area contributed by atoms with Gasteiger partial charge in [-0.15, -0.1) is 0 Å². The van der Waals surface area contributed by atoms with Crippen molar-refractivity contribution >= 4 is 22.7 Å². The molecule has 140 valence electrons. The molecule has 0 fully saturated rings. The molecule has 0 atom stereocenters. The average Bonchev–Trinajstić information content (AvgIpc) is 2.69. The second kappa shape index (κ2) is 10.6. The molecule has 2 aromatic rings. The molecule has 0 heterocycles. The maximum absolute atomic E-state index is 8.42. The van der Waals surface area contributed by atoms with Crippen LogP contribution >= 0.6 is 0 Å². The Morgan fingerprint density at radius 2 is 1.11 bits per heavy atom. The fourth-order valence-corrected chi connectivity index (χ4v) is 2.41. The lowest BCUT2D eigenvalue weighted by Gasteiger charge is -2.21. The lowest BCUT2D eigenvalue weighted by Crippen LogP contribution is -2.26. The van der Waals surface area contributed by atoms with E-state index in [0.717, 1.165) is 24.5 Å². The van der Waals surface area contributed by atoms with Crippen LogP contribution in [0.1, 0.15) is 0 Å². The third-order valence-electron chi connectivity index (χ3n) is 4.04. The van der Waals surface area contributed by atoms with Gasteiger partial charge in [0.2, 0.25) is 0 Å². The summed E-state index contributed by atoms with van der Waals surface area (Å²) < 4.78 is 5.73. The molecule has 0 unspecified atom stereocenters. The first-order valence-corrected chi connectivity index (χ1v) is 8.44. The zero-order valence-electron chi connectivity index (χ0n) is 15.4. The first kappa shape index (κ1) is 19.9. The number of nitrogens with zero attached hydrogens (tertiary/aromatic N) is 8. The van der Waals surface area contributed by atoms with E-state index in [1.165, 1.54) is 0 Å². The fraction of sp³-hybridized carbons (Fsp3) is 0.333. The topological polar surface area (TPSA) is 113 Å². The molecule has 0 amide bonds. The van der Waals surface area contributed by atoms with Gasteiger partial charge in [-0.05, 0) is 35.3 Å². The number of benzene rings is 2. The molecular formula is C18H22N8O. The normalized spacial score (nSPS) is 9.85.